The molecule has 24 heavy (non-hydrogen) atoms. The predicted octanol–water partition coefficient (Wildman–Crippen LogP) is 3.48. The quantitative estimate of drug-likeness (QED) is 0.806. The van der Waals surface area contributed by atoms with Crippen molar-refractivity contribution in [1.29, 1.82) is 0 Å². The highest BCUT2D eigenvalue weighted by Gasteiger charge is 2.21. The van der Waals surface area contributed by atoms with Crippen molar-refractivity contribution in [1.82, 2.24) is 5.32 Å². The number of rotatable bonds is 7. The summed E-state index contributed by atoms with van der Waals surface area (Å²) in [4.78, 5) is 12.2. The molecule has 128 valence electrons. The molecule has 0 saturated carbocycles. The molecular weight excluding hydrogens is 326 g/mol. The number of ether oxygens (including phenoxy) is 1. The number of halogens is 1. The molecule has 2 N–H and O–H groups in total. The number of nitrogens with one attached hydrogen (secondary N) is 1. The van der Waals surface area contributed by atoms with Crippen LogP contribution in [-0.4, -0.2) is 23.2 Å². The van der Waals surface area contributed by atoms with Crippen LogP contribution in [0.4, 0.5) is 0 Å². The molecule has 3 unspecified atom stereocenters. The van der Waals surface area contributed by atoms with Gasteiger partial charge in [-0.2, -0.15) is 0 Å². The minimum atomic E-state index is -0.812. The summed E-state index contributed by atoms with van der Waals surface area (Å²) in [5.41, 5.74) is 1.71. The summed E-state index contributed by atoms with van der Waals surface area (Å²) in [6, 6.07) is 16.1. The third kappa shape index (κ3) is 5.34. The summed E-state index contributed by atoms with van der Waals surface area (Å²) in [6.45, 7) is 3.81. The molecule has 0 aliphatic carbocycles. The molecule has 0 heterocycles. The third-order valence-corrected chi connectivity index (χ3v) is 4.02. The summed E-state index contributed by atoms with van der Waals surface area (Å²) < 4.78 is 5.58. The fourth-order valence-corrected chi connectivity index (χ4v) is 2.37. The van der Waals surface area contributed by atoms with E-state index in [1.54, 1.807) is 38.1 Å². The number of aliphatic hydroxyl groups is 1. The van der Waals surface area contributed by atoms with Gasteiger partial charge in [0.05, 0.1) is 18.8 Å². The van der Waals surface area contributed by atoms with Crippen LogP contribution in [0.25, 0.3) is 0 Å². The van der Waals surface area contributed by atoms with Crippen molar-refractivity contribution in [3.05, 3.63) is 70.7 Å². The number of aliphatic hydroxyl groups excluding tert-OH is 1. The van der Waals surface area contributed by atoms with E-state index in [1.807, 2.05) is 30.3 Å². The van der Waals surface area contributed by atoms with Crippen LogP contribution in [0.5, 0.6) is 0 Å². The van der Waals surface area contributed by atoms with Gasteiger partial charge in [-0.25, -0.2) is 0 Å². The van der Waals surface area contributed by atoms with Crippen LogP contribution in [0, 0.1) is 0 Å². The standard InChI is InChI=1S/C19H22ClNO3/c1-13(18(22)16-8-10-17(20)11-9-16)21-19(23)14(2)24-12-15-6-4-3-5-7-15/h3-11,13-14,18,22H,12H2,1-2H3,(H,21,23). The van der Waals surface area contributed by atoms with Crippen molar-refractivity contribution in [3.8, 4) is 0 Å². The van der Waals surface area contributed by atoms with Crippen LogP contribution < -0.4 is 5.32 Å². The number of amides is 1. The zero-order valence-electron chi connectivity index (χ0n) is 13.8. The molecule has 2 aromatic carbocycles. The van der Waals surface area contributed by atoms with Crippen LogP contribution in [0.15, 0.2) is 54.6 Å². The lowest BCUT2D eigenvalue weighted by Crippen LogP contribution is -2.42. The molecule has 0 aromatic heterocycles. The average Bonchev–Trinajstić information content (AvgIpc) is 2.60. The van der Waals surface area contributed by atoms with Gasteiger partial charge in [-0.3, -0.25) is 4.79 Å². The summed E-state index contributed by atoms with van der Waals surface area (Å²) in [7, 11) is 0. The maximum absolute atomic E-state index is 12.2. The first-order valence-electron chi connectivity index (χ1n) is 7.87. The Morgan fingerprint density at radius 1 is 1.12 bits per heavy atom. The van der Waals surface area contributed by atoms with Gasteiger partial charge in [-0.05, 0) is 37.1 Å². The van der Waals surface area contributed by atoms with E-state index >= 15 is 0 Å². The van der Waals surface area contributed by atoms with E-state index in [0.717, 1.165) is 5.56 Å². The van der Waals surface area contributed by atoms with Gasteiger partial charge in [0.2, 0.25) is 5.91 Å². The van der Waals surface area contributed by atoms with Crippen molar-refractivity contribution in [2.45, 2.75) is 38.7 Å². The van der Waals surface area contributed by atoms with Crippen molar-refractivity contribution < 1.29 is 14.6 Å². The fourth-order valence-electron chi connectivity index (χ4n) is 2.24. The molecule has 2 aromatic rings. The van der Waals surface area contributed by atoms with Crippen LogP contribution in [-0.2, 0) is 16.1 Å². The molecule has 2 rings (SSSR count). The molecule has 4 nitrogen and oxygen atoms in total. The summed E-state index contributed by atoms with van der Waals surface area (Å²) >= 11 is 5.84. The summed E-state index contributed by atoms with van der Waals surface area (Å²) in [5.74, 6) is -0.258. The normalized spacial score (nSPS) is 14.7. The average molecular weight is 348 g/mol. The van der Waals surface area contributed by atoms with E-state index in [4.69, 9.17) is 16.3 Å². The topological polar surface area (TPSA) is 58.6 Å². The number of benzene rings is 2. The fraction of sp³-hybridized carbons (Fsp3) is 0.316. The molecule has 0 saturated heterocycles. The summed E-state index contributed by atoms with van der Waals surface area (Å²) in [5, 5.41) is 13.7. The van der Waals surface area contributed by atoms with E-state index < -0.39 is 18.2 Å². The molecule has 0 fully saturated rings. The predicted molar refractivity (Wildman–Crippen MR) is 94.7 cm³/mol. The molecule has 0 aliphatic rings. The molecule has 0 spiro atoms. The molecule has 1 amide bonds. The number of hydrogen-bond donors (Lipinski definition) is 2. The van der Waals surface area contributed by atoms with Gasteiger partial charge >= 0.3 is 0 Å². The summed E-state index contributed by atoms with van der Waals surface area (Å²) in [6.07, 6.45) is -1.42. The first-order valence-corrected chi connectivity index (χ1v) is 8.24. The molecule has 0 bridgehead atoms. The second-order valence-electron chi connectivity index (χ2n) is 5.73. The number of hydrogen-bond acceptors (Lipinski definition) is 3. The Balaban J connectivity index is 1.84. The Morgan fingerprint density at radius 3 is 2.38 bits per heavy atom. The maximum atomic E-state index is 12.2. The van der Waals surface area contributed by atoms with Gasteiger partial charge in [0.1, 0.15) is 6.10 Å². The highest BCUT2D eigenvalue weighted by molar-refractivity contribution is 6.30. The smallest absolute Gasteiger partial charge is 0.249 e. The lowest BCUT2D eigenvalue weighted by molar-refractivity contribution is -0.134. The molecular formula is C19H22ClNO3. The molecule has 5 heteroatoms. The Bertz CT molecular complexity index is 645. The first kappa shape index (κ1) is 18.5. The monoisotopic (exact) mass is 347 g/mol. The van der Waals surface area contributed by atoms with Crippen molar-refractivity contribution in [2.75, 3.05) is 0 Å². The number of carbonyl (C=O) groups excluding carboxylic acids is 1. The lowest BCUT2D eigenvalue weighted by Gasteiger charge is -2.22. The van der Waals surface area contributed by atoms with Gasteiger partial charge in [0.15, 0.2) is 0 Å². The zero-order chi connectivity index (χ0) is 17.5. The van der Waals surface area contributed by atoms with E-state index in [9.17, 15) is 9.90 Å². The van der Waals surface area contributed by atoms with Crippen molar-refractivity contribution in [3.63, 3.8) is 0 Å². The van der Waals surface area contributed by atoms with Crippen LogP contribution in [0.2, 0.25) is 5.02 Å². The van der Waals surface area contributed by atoms with E-state index in [1.165, 1.54) is 0 Å². The van der Waals surface area contributed by atoms with E-state index in [-0.39, 0.29) is 5.91 Å². The zero-order valence-corrected chi connectivity index (χ0v) is 14.5. The van der Waals surface area contributed by atoms with Crippen LogP contribution >= 0.6 is 11.6 Å². The molecule has 0 aliphatic heterocycles. The van der Waals surface area contributed by atoms with E-state index in [2.05, 4.69) is 5.32 Å². The Morgan fingerprint density at radius 2 is 1.75 bits per heavy atom. The Labute approximate surface area is 147 Å². The van der Waals surface area contributed by atoms with Gasteiger partial charge < -0.3 is 15.2 Å². The van der Waals surface area contributed by atoms with Crippen LogP contribution in [0.1, 0.15) is 31.1 Å². The maximum Gasteiger partial charge on any atom is 0.249 e. The van der Waals surface area contributed by atoms with Gasteiger partial charge in [0, 0.05) is 5.02 Å². The highest BCUT2D eigenvalue weighted by atomic mass is 35.5. The number of carbonyl (C=O) groups is 1. The second-order valence-corrected chi connectivity index (χ2v) is 6.17. The lowest BCUT2D eigenvalue weighted by atomic mass is 10.0. The minimum absolute atomic E-state index is 0.258. The third-order valence-electron chi connectivity index (χ3n) is 3.77. The highest BCUT2D eigenvalue weighted by Crippen LogP contribution is 2.19. The Hall–Kier alpha value is -1.88. The minimum Gasteiger partial charge on any atom is -0.386 e. The van der Waals surface area contributed by atoms with Crippen LogP contribution in [0.3, 0.4) is 0 Å². The largest absolute Gasteiger partial charge is 0.386 e. The molecule has 3 atom stereocenters. The molecule has 0 radical (unpaired) electrons. The van der Waals surface area contributed by atoms with E-state index in [0.29, 0.717) is 17.2 Å². The van der Waals surface area contributed by atoms with Gasteiger partial charge in [-0.15, -0.1) is 0 Å². The first-order chi connectivity index (χ1) is 11.5. The van der Waals surface area contributed by atoms with Crippen molar-refractivity contribution in [2.24, 2.45) is 0 Å². The van der Waals surface area contributed by atoms with Gasteiger partial charge in [0.25, 0.3) is 0 Å². The van der Waals surface area contributed by atoms with Gasteiger partial charge in [-0.1, -0.05) is 54.1 Å². The SMILES string of the molecule is CC(OCc1ccccc1)C(=O)NC(C)C(O)c1ccc(Cl)cc1. The second kappa shape index (κ2) is 8.83. The van der Waals surface area contributed by atoms with Crippen molar-refractivity contribution >= 4 is 17.5 Å². The Kier molecular flexibility index (Phi) is 6.79.